The van der Waals surface area contributed by atoms with Gasteiger partial charge >= 0.3 is 0 Å². The SMILES string of the molecule is NC(=O)c1cnc(NC2(c3ccccc3F)CC2)nc1Nc1cccc2c1CCNC2=O. The summed E-state index contributed by atoms with van der Waals surface area (Å²) in [6.45, 7) is 0.523. The van der Waals surface area contributed by atoms with Gasteiger partial charge in [0.1, 0.15) is 17.2 Å². The van der Waals surface area contributed by atoms with Crippen LogP contribution in [0.15, 0.2) is 48.7 Å². The number of nitrogens with two attached hydrogens (primary N) is 1. The molecule has 0 radical (unpaired) electrons. The molecule has 5 rings (SSSR count). The highest BCUT2D eigenvalue weighted by Crippen LogP contribution is 2.48. The molecule has 0 saturated heterocycles. The maximum atomic E-state index is 14.4. The second-order valence-electron chi connectivity index (χ2n) is 7.97. The number of primary amides is 1. The number of carbonyl (C=O) groups excluding carboxylic acids is 2. The van der Waals surface area contributed by atoms with Crippen molar-refractivity contribution in [1.82, 2.24) is 15.3 Å². The van der Waals surface area contributed by atoms with Gasteiger partial charge in [-0.15, -0.1) is 0 Å². The minimum atomic E-state index is -0.683. The summed E-state index contributed by atoms with van der Waals surface area (Å²) < 4.78 is 14.4. The van der Waals surface area contributed by atoms with Crippen LogP contribution in [0.25, 0.3) is 0 Å². The molecule has 1 saturated carbocycles. The molecule has 2 aromatic carbocycles. The number of aromatic nitrogens is 2. The Morgan fingerprint density at radius 2 is 1.97 bits per heavy atom. The largest absolute Gasteiger partial charge is 0.365 e. The predicted molar refractivity (Wildman–Crippen MR) is 117 cm³/mol. The summed E-state index contributed by atoms with van der Waals surface area (Å²) in [4.78, 5) is 32.9. The smallest absolute Gasteiger partial charge is 0.254 e. The van der Waals surface area contributed by atoms with Crippen molar-refractivity contribution in [1.29, 1.82) is 0 Å². The molecule has 2 heterocycles. The van der Waals surface area contributed by atoms with E-state index in [1.165, 1.54) is 12.3 Å². The first-order valence-electron chi connectivity index (χ1n) is 10.3. The van der Waals surface area contributed by atoms with Gasteiger partial charge in [0.25, 0.3) is 11.8 Å². The average Bonchev–Trinajstić information content (AvgIpc) is 3.55. The van der Waals surface area contributed by atoms with E-state index in [0.29, 0.717) is 29.8 Å². The van der Waals surface area contributed by atoms with Gasteiger partial charge in [-0.25, -0.2) is 9.37 Å². The molecule has 3 aromatic rings. The third-order valence-corrected chi connectivity index (χ3v) is 5.88. The molecule has 8 nitrogen and oxygen atoms in total. The zero-order valence-corrected chi connectivity index (χ0v) is 17.1. The van der Waals surface area contributed by atoms with E-state index in [1.807, 2.05) is 6.07 Å². The number of fused-ring (bicyclic) bond motifs is 1. The Morgan fingerprint density at radius 3 is 2.72 bits per heavy atom. The van der Waals surface area contributed by atoms with Crippen LogP contribution in [0.4, 0.5) is 21.8 Å². The van der Waals surface area contributed by atoms with E-state index < -0.39 is 11.4 Å². The van der Waals surface area contributed by atoms with Crippen LogP contribution in [0, 0.1) is 5.82 Å². The maximum Gasteiger partial charge on any atom is 0.254 e. The number of rotatable bonds is 6. The lowest BCUT2D eigenvalue weighted by Gasteiger charge is -2.22. The van der Waals surface area contributed by atoms with Crippen LogP contribution in [0.3, 0.4) is 0 Å². The van der Waals surface area contributed by atoms with Gasteiger partial charge in [0.15, 0.2) is 0 Å². The van der Waals surface area contributed by atoms with Crippen molar-refractivity contribution in [3.63, 3.8) is 0 Å². The molecule has 0 spiro atoms. The molecule has 0 atom stereocenters. The van der Waals surface area contributed by atoms with Gasteiger partial charge < -0.3 is 21.7 Å². The van der Waals surface area contributed by atoms with Gasteiger partial charge in [-0.3, -0.25) is 9.59 Å². The zero-order valence-electron chi connectivity index (χ0n) is 17.1. The maximum absolute atomic E-state index is 14.4. The molecule has 1 fully saturated rings. The fourth-order valence-electron chi connectivity index (χ4n) is 4.08. The van der Waals surface area contributed by atoms with Crippen LogP contribution in [0.5, 0.6) is 0 Å². The van der Waals surface area contributed by atoms with Crippen molar-refractivity contribution in [2.24, 2.45) is 5.73 Å². The molecule has 1 aliphatic heterocycles. The monoisotopic (exact) mass is 432 g/mol. The van der Waals surface area contributed by atoms with Crippen LogP contribution in [0.2, 0.25) is 0 Å². The molecule has 32 heavy (non-hydrogen) atoms. The van der Waals surface area contributed by atoms with Crippen molar-refractivity contribution in [2.75, 3.05) is 17.2 Å². The topological polar surface area (TPSA) is 122 Å². The summed E-state index contributed by atoms with van der Waals surface area (Å²) in [5.74, 6) is -0.647. The van der Waals surface area contributed by atoms with E-state index in [9.17, 15) is 14.0 Å². The van der Waals surface area contributed by atoms with Crippen LogP contribution in [-0.2, 0) is 12.0 Å². The number of benzene rings is 2. The molecule has 0 unspecified atom stereocenters. The van der Waals surface area contributed by atoms with Gasteiger partial charge in [0.2, 0.25) is 5.95 Å². The zero-order chi connectivity index (χ0) is 22.3. The number of carbonyl (C=O) groups is 2. The van der Waals surface area contributed by atoms with E-state index in [-0.39, 0.29) is 29.1 Å². The highest BCUT2D eigenvalue weighted by molar-refractivity contribution is 6.00. The second kappa shape index (κ2) is 7.60. The Bertz CT molecular complexity index is 1240. The lowest BCUT2D eigenvalue weighted by molar-refractivity contribution is 0.0944. The highest BCUT2D eigenvalue weighted by atomic mass is 19.1. The van der Waals surface area contributed by atoms with Crippen molar-refractivity contribution in [3.8, 4) is 0 Å². The number of amides is 2. The normalized spacial score (nSPS) is 16.0. The summed E-state index contributed by atoms with van der Waals surface area (Å²) in [5.41, 5.74) is 7.70. The summed E-state index contributed by atoms with van der Waals surface area (Å²) in [5, 5.41) is 9.20. The Morgan fingerprint density at radius 1 is 1.16 bits per heavy atom. The molecule has 1 aliphatic carbocycles. The minimum Gasteiger partial charge on any atom is -0.365 e. The first-order valence-corrected chi connectivity index (χ1v) is 10.3. The van der Waals surface area contributed by atoms with Crippen molar-refractivity contribution < 1.29 is 14.0 Å². The highest BCUT2D eigenvalue weighted by Gasteiger charge is 2.46. The van der Waals surface area contributed by atoms with Crippen LogP contribution >= 0.6 is 0 Å². The van der Waals surface area contributed by atoms with Gasteiger partial charge in [-0.1, -0.05) is 24.3 Å². The summed E-state index contributed by atoms with van der Waals surface area (Å²) in [7, 11) is 0. The number of nitrogens with zero attached hydrogens (tertiary/aromatic N) is 2. The summed E-state index contributed by atoms with van der Waals surface area (Å²) in [6.07, 6.45) is 3.46. The van der Waals surface area contributed by atoms with Gasteiger partial charge in [0.05, 0.1) is 5.54 Å². The molecular weight excluding hydrogens is 411 g/mol. The minimum absolute atomic E-state index is 0.115. The molecular formula is C23H21FN6O2. The van der Waals surface area contributed by atoms with Crippen molar-refractivity contribution >= 4 is 29.3 Å². The van der Waals surface area contributed by atoms with E-state index in [1.54, 1.807) is 30.3 Å². The molecule has 162 valence electrons. The van der Waals surface area contributed by atoms with Gasteiger partial charge in [-0.2, -0.15) is 4.98 Å². The first-order chi connectivity index (χ1) is 15.5. The third kappa shape index (κ3) is 3.51. The predicted octanol–water partition coefficient (Wildman–Crippen LogP) is 2.85. The van der Waals surface area contributed by atoms with E-state index in [4.69, 9.17) is 5.73 Å². The fourth-order valence-corrected chi connectivity index (χ4v) is 4.08. The Kier molecular flexibility index (Phi) is 4.73. The van der Waals surface area contributed by atoms with Crippen LogP contribution in [-0.4, -0.2) is 28.3 Å². The Labute approximate surface area is 183 Å². The van der Waals surface area contributed by atoms with E-state index in [2.05, 4.69) is 25.9 Å². The molecule has 5 N–H and O–H groups in total. The second-order valence-corrected chi connectivity index (χ2v) is 7.97. The van der Waals surface area contributed by atoms with Gasteiger partial charge in [-0.05, 0) is 43.0 Å². The number of hydrogen-bond acceptors (Lipinski definition) is 6. The van der Waals surface area contributed by atoms with Crippen LogP contribution in [0.1, 0.15) is 44.7 Å². The number of hydrogen-bond donors (Lipinski definition) is 4. The fraction of sp³-hybridized carbons (Fsp3) is 0.217. The quantitative estimate of drug-likeness (QED) is 0.475. The summed E-state index contributed by atoms with van der Waals surface area (Å²) in [6, 6.07) is 11.9. The lowest BCUT2D eigenvalue weighted by Crippen LogP contribution is -2.32. The molecule has 2 amide bonds. The molecule has 0 bridgehead atoms. The van der Waals surface area contributed by atoms with Crippen LogP contribution < -0.4 is 21.7 Å². The lowest BCUT2D eigenvalue weighted by atomic mass is 9.98. The molecule has 2 aliphatic rings. The number of nitrogens with one attached hydrogen (secondary N) is 3. The standard InChI is InChI=1S/C23H21FN6O2/c24-17-6-2-1-5-16(17)23(9-10-23)30-22-27-12-15(19(25)31)20(29-22)28-18-7-3-4-14-13(18)8-11-26-21(14)32/h1-7,12H,8-11H2,(H2,25,31)(H,26,32)(H2,27,28,29,30). The third-order valence-electron chi connectivity index (χ3n) is 5.88. The number of halogens is 1. The van der Waals surface area contributed by atoms with Crippen molar-refractivity contribution in [3.05, 3.63) is 76.7 Å². The van der Waals surface area contributed by atoms with Gasteiger partial charge in [0, 0.05) is 29.6 Å². The molecule has 1 aromatic heterocycles. The first kappa shape index (κ1) is 19.9. The van der Waals surface area contributed by atoms with Crippen molar-refractivity contribution in [2.45, 2.75) is 24.8 Å². The average molecular weight is 432 g/mol. The summed E-state index contributed by atoms with van der Waals surface area (Å²) >= 11 is 0. The Hall–Kier alpha value is -4.01. The van der Waals surface area contributed by atoms with E-state index >= 15 is 0 Å². The molecule has 9 heteroatoms. The van der Waals surface area contributed by atoms with E-state index in [0.717, 1.165) is 18.4 Å². The number of anilines is 3. The Balaban J connectivity index is 1.49.